The second kappa shape index (κ2) is 3.96. The van der Waals surface area contributed by atoms with Gasteiger partial charge in [-0.15, -0.1) is 0 Å². The van der Waals surface area contributed by atoms with Crippen LogP contribution in [0.1, 0.15) is 5.56 Å². The maximum absolute atomic E-state index is 10.8. The molecule has 0 aliphatic carbocycles. The summed E-state index contributed by atoms with van der Waals surface area (Å²) in [7, 11) is 1.55. The summed E-state index contributed by atoms with van der Waals surface area (Å²) in [6.07, 6.45) is 0. The molecule has 0 spiro atoms. The van der Waals surface area contributed by atoms with Crippen molar-refractivity contribution < 1.29 is 8.42 Å². The van der Waals surface area contributed by atoms with E-state index >= 15 is 0 Å². The van der Waals surface area contributed by atoms with Crippen LogP contribution in [0.15, 0.2) is 29.2 Å². The summed E-state index contributed by atoms with van der Waals surface area (Å²) in [5.74, 6) is 0. The first-order valence-corrected chi connectivity index (χ1v) is 5.32. The average Bonchev–Trinajstić information content (AvgIpc) is 1.86. The highest BCUT2D eigenvalue weighted by Gasteiger charge is 2.07. The van der Waals surface area contributed by atoms with Crippen LogP contribution in [-0.4, -0.2) is 16.8 Å². The molecule has 0 aliphatic heterocycles. The molecule has 0 amide bonds. The van der Waals surface area contributed by atoms with Gasteiger partial charge in [0.05, 0.1) is 4.90 Å². The maximum Gasteiger partial charge on any atom is 0.261 e. The van der Waals surface area contributed by atoms with Crippen LogP contribution in [0.2, 0.25) is 0 Å². The van der Waals surface area contributed by atoms with Crippen molar-refractivity contribution in [3.05, 3.63) is 29.8 Å². The van der Waals surface area contributed by atoms with Gasteiger partial charge in [-0.25, -0.2) is 8.42 Å². The molecule has 3 radical (unpaired) electrons. The van der Waals surface area contributed by atoms with Crippen molar-refractivity contribution >= 4 is 28.1 Å². The lowest BCUT2D eigenvalue weighted by Gasteiger charge is -1.95. The number of halogens is 1. The van der Waals surface area contributed by atoms with Crippen LogP contribution in [0, 0.1) is 6.92 Å². The van der Waals surface area contributed by atoms with Crippen molar-refractivity contribution in [3.63, 3.8) is 0 Å². The molecule has 0 aliphatic rings. The Labute approximate surface area is 78.6 Å². The first kappa shape index (κ1) is 11.5. The molecule has 2 nitrogen and oxygen atoms in total. The van der Waals surface area contributed by atoms with E-state index in [-0.39, 0.29) is 13.3 Å². The van der Waals surface area contributed by atoms with E-state index in [4.69, 9.17) is 10.7 Å². The van der Waals surface area contributed by atoms with Crippen molar-refractivity contribution in [2.24, 2.45) is 0 Å². The van der Waals surface area contributed by atoms with Crippen molar-refractivity contribution in [1.82, 2.24) is 0 Å². The summed E-state index contributed by atoms with van der Waals surface area (Å²) in [5, 5.41) is 0. The van der Waals surface area contributed by atoms with Gasteiger partial charge in [0.1, 0.15) is 0 Å². The Morgan fingerprint density at radius 1 is 1.33 bits per heavy atom. The molecule has 63 valence electrons. The van der Waals surface area contributed by atoms with Crippen molar-refractivity contribution in [2.45, 2.75) is 11.8 Å². The Balaban J connectivity index is 0.00000121. The van der Waals surface area contributed by atoms with E-state index in [0.29, 0.717) is 0 Å². The second-order valence-electron chi connectivity index (χ2n) is 2.25. The van der Waals surface area contributed by atoms with Crippen LogP contribution in [0.4, 0.5) is 0 Å². The average molecular weight is 201 g/mol. The maximum atomic E-state index is 10.8. The fraction of sp³-hybridized carbons (Fsp3) is 0.143. The third kappa shape index (κ3) is 2.87. The SMILES string of the molecule is Cc1cccc(S(=O)(=O)Cl)c1.[B]. The van der Waals surface area contributed by atoms with Gasteiger partial charge in [0.25, 0.3) is 9.05 Å². The molecule has 0 saturated carbocycles. The van der Waals surface area contributed by atoms with Gasteiger partial charge in [-0.2, -0.15) is 0 Å². The third-order valence-electron chi connectivity index (χ3n) is 1.27. The lowest BCUT2D eigenvalue weighted by atomic mass is 10.2. The number of aryl methyl sites for hydroxylation is 1. The van der Waals surface area contributed by atoms with Gasteiger partial charge >= 0.3 is 0 Å². The number of benzene rings is 1. The Morgan fingerprint density at radius 3 is 2.25 bits per heavy atom. The summed E-state index contributed by atoms with van der Waals surface area (Å²) in [4.78, 5) is 0.152. The third-order valence-corrected chi connectivity index (χ3v) is 2.62. The predicted molar refractivity (Wildman–Crippen MR) is 50.0 cm³/mol. The molecule has 1 aromatic carbocycles. The number of rotatable bonds is 1. The van der Waals surface area contributed by atoms with Crippen molar-refractivity contribution in [1.29, 1.82) is 0 Å². The smallest absolute Gasteiger partial charge is 0.207 e. The van der Waals surface area contributed by atoms with Crippen LogP contribution in [-0.2, 0) is 9.05 Å². The minimum absolute atomic E-state index is 0. The summed E-state index contributed by atoms with van der Waals surface area (Å²) in [6, 6.07) is 6.47. The Hall–Kier alpha value is -0.475. The van der Waals surface area contributed by atoms with Gasteiger partial charge in [0.2, 0.25) is 0 Å². The first-order chi connectivity index (χ1) is 5.00. The van der Waals surface area contributed by atoms with Crippen LogP contribution < -0.4 is 0 Å². The lowest BCUT2D eigenvalue weighted by Crippen LogP contribution is -1.89. The van der Waals surface area contributed by atoms with E-state index in [0.717, 1.165) is 5.56 Å². The van der Waals surface area contributed by atoms with E-state index in [9.17, 15) is 8.42 Å². The molecule has 0 N–H and O–H groups in total. The molecule has 5 heteroatoms. The summed E-state index contributed by atoms with van der Waals surface area (Å²) in [6.45, 7) is 1.81. The van der Waals surface area contributed by atoms with Gasteiger partial charge in [-0.05, 0) is 24.6 Å². The summed E-state index contributed by atoms with van der Waals surface area (Å²) >= 11 is 0. The summed E-state index contributed by atoms with van der Waals surface area (Å²) in [5.41, 5.74) is 0.881. The highest BCUT2D eigenvalue weighted by atomic mass is 35.7. The van der Waals surface area contributed by atoms with Crippen LogP contribution in [0.3, 0.4) is 0 Å². The van der Waals surface area contributed by atoms with Gasteiger partial charge in [-0.3, -0.25) is 0 Å². The standard InChI is InChI=1S/C7H7ClO2S.B/c1-6-3-2-4-7(5-6)11(8,9)10;/h2-5H,1H3;. The minimum atomic E-state index is -3.55. The van der Waals surface area contributed by atoms with E-state index in [1.807, 2.05) is 13.0 Å². The molecule has 0 bridgehead atoms. The first-order valence-electron chi connectivity index (χ1n) is 3.01. The van der Waals surface area contributed by atoms with Crippen LogP contribution in [0.5, 0.6) is 0 Å². The highest BCUT2D eigenvalue weighted by molar-refractivity contribution is 8.13. The van der Waals surface area contributed by atoms with Gasteiger partial charge in [0, 0.05) is 19.1 Å². The quantitative estimate of drug-likeness (QED) is 0.510. The molecule has 0 saturated heterocycles. The molecule has 0 fully saturated rings. The predicted octanol–water partition coefficient (Wildman–Crippen LogP) is 1.54. The molecule has 0 atom stereocenters. The van der Waals surface area contributed by atoms with Crippen LogP contribution >= 0.6 is 10.7 Å². The van der Waals surface area contributed by atoms with E-state index in [1.165, 1.54) is 12.1 Å². The molecule has 1 rings (SSSR count). The van der Waals surface area contributed by atoms with Gasteiger partial charge < -0.3 is 0 Å². The van der Waals surface area contributed by atoms with E-state index in [1.54, 1.807) is 6.07 Å². The molecule has 12 heavy (non-hydrogen) atoms. The topological polar surface area (TPSA) is 34.1 Å². The summed E-state index contributed by atoms with van der Waals surface area (Å²) < 4.78 is 21.5. The normalized spacial score (nSPS) is 10.5. The van der Waals surface area contributed by atoms with Gasteiger partial charge in [-0.1, -0.05) is 12.1 Å². The monoisotopic (exact) mass is 201 g/mol. The lowest BCUT2D eigenvalue weighted by molar-refractivity contribution is 0.609. The second-order valence-corrected chi connectivity index (χ2v) is 4.82. The zero-order valence-electron chi connectivity index (χ0n) is 6.49. The fourth-order valence-corrected chi connectivity index (χ4v) is 1.62. The molecule has 1 aromatic rings. The van der Waals surface area contributed by atoms with Crippen molar-refractivity contribution in [3.8, 4) is 0 Å². The molecular weight excluding hydrogens is 194 g/mol. The molecule has 0 heterocycles. The van der Waals surface area contributed by atoms with Crippen molar-refractivity contribution in [2.75, 3.05) is 0 Å². The molecular formula is C7H7BClO2S. The number of hydrogen-bond acceptors (Lipinski definition) is 2. The fourth-order valence-electron chi connectivity index (χ4n) is 0.767. The van der Waals surface area contributed by atoms with E-state index < -0.39 is 9.05 Å². The Bertz CT molecular complexity index is 361. The van der Waals surface area contributed by atoms with Crippen LogP contribution in [0.25, 0.3) is 0 Å². The molecule has 0 aromatic heterocycles. The zero-order chi connectivity index (χ0) is 8.48. The largest absolute Gasteiger partial charge is 0.261 e. The van der Waals surface area contributed by atoms with Gasteiger partial charge in [0.15, 0.2) is 0 Å². The highest BCUT2D eigenvalue weighted by Crippen LogP contribution is 2.15. The minimum Gasteiger partial charge on any atom is -0.207 e. The van der Waals surface area contributed by atoms with E-state index in [2.05, 4.69) is 0 Å². The Morgan fingerprint density at radius 2 is 1.92 bits per heavy atom. The zero-order valence-corrected chi connectivity index (χ0v) is 8.06. The number of hydrogen-bond donors (Lipinski definition) is 0. The molecule has 0 unspecified atom stereocenters. The Kier molecular flexibility index (Phi) is 3.80.